The van der Waals surface area contributed by atoms with Crippen LogP contribution < -0.4 is 0 Å². The highest BCUT2D eigenvalue weighted by atomic mass is 15.4. The topological polar surface area (TPSA) is 30.2 Å². The molecule has 0 radical (unpaired) electrons. The zero-order valence-electron chi connectivity index (χ0n) is 6.44. The summed E-state index contributed by atoms with van der Waals surface area (Å²) in [6, 6.07) is 8.05. The Morgan fingerprint density at radius 2 is 2.17 bits per heavy atom. The van der Waals surface area contributed by atoms with Crippen LogP contribution in [0.4, 0.5) is 0 Å². The van der Waals surface area contributed by atoms with E-state index in [-0.39, 0.29) is 0 Å². The molecule has 58 valence electrons. The van der Waals surface area contributed by atoms with Gasteiger partial charge in [0.25, 0.3) is 0 Å². The maximum absolute atomic E-state index is 4.43. The van der Waals surface area contributed by atoms with Gasteiger partial charge in [0.15, 0.2) is 0 Å². The number of hydrogen-bond acceptors (Lipinski definition) is 2. The first-order chi connectivity index (χ1) is 5.95. The Bertz CT molecular complexity index is 468. The molecule has 0 bridgehead atoms. The van der Waals surface area contributed by atoms with Gasteiger partial charge in [-0.15, -0.1) is 0 Å². The molecule has 3 heteroatoms. The summed E-state index contributed by atoms with van der Waals surface area (Å²) in [6.07, 6.45) is 2.74. The summed E-state index contributed by atoms with van der Waals surface area (Å²) in [6.45, 7) is 0. The summed E-state index contributed by atoms with van der Waals surface area (Å²) >= 11 is 0. The normalized spacial score (nSPS) is 14.0. The van der Waals surface area contributed by atoms with Gasteiger partial charge in [-0.2, -0.15) is 5.10 Å². The molecule has 0 fully saturated rings. The number of hydrogen-bond donors (Lipinski definition) is 0. The standard InChI is InChI=1S/C9H7N3/c1-2-4-8-7(3-1)11-9-5-6-10-12(8)9/h1-4,6H,5H2. The number of aromatic nitrogens is 2. The van der Waals surface area contributed by atoms with E-state index in [1.807, 2.05) is 35.2 Å². The first-order valence-electron chi connectivity index (χ1n) is 3.94. The molecule has 2 heterocycles. The van der Waals surface area contributed by atoms with Crippen LogP contribution in [-0.2, 0) is 6.42 Å². The fourth-order valence-electron chi connectivity index (χ4n) is 1.53. The lowest BCUT2D eigenvalue weighted by molar-refractivity contribution is 0.888. The van der Waals surface area contributed by atoms with Gasteiger partial charge in [-0.05, 0) is 12.1 Å². The second-order valence-corrected chi connectivity index (χ2v) is 2.83. The van der Waals surface area contributed by atoms with Crippen molar-refractivity contribution >= 4 is 17.2 Å². The van der Waals surface area contributed by atoms with Crippen LogP contribution in [0.25, 0.3) is 11.0 Å². The second-order valence-electron chi connectivity index (χ2n) is 2.83. The molecule has 3 nitrogen and oxygen atoms in total. The van der Waals surface area contributed by atoms with Crippen molar-refractivity contribution in [2.24, 2.45) is 5.10 Å². The van der Waals surface area contributed by atoms with Crippen LogP contribution in [0.5, 0.6) is 0 Å². The van der Waals surface area contributed by atoms with Crippen molar-refractivity contribution in [2.75, 3.05) is 0 Å². The largest absolute Gasteiger partial charge is 0.231 e. The maximum atomic E-state index is 4.43. The van der Waals surface area contributed by atoms with Gasteiger partial charge >= 0.3 is 0 Å². The summed E-state index contributed by atoms with van der Waals surface area (Å²) < 4.78 is 1.90. The van der Waals surface area contributed by atoms with Crippen LogP contribution in [0.3, 0.4) is 0 Å². The lowest BCUT2D eigenvalue weighted by Gasteiger charge is -1.91. The van der Waals surface area contributed by atoms with Crippen LogP contribution >= 0.6 is 0 Å². The molecule has 0 spiro atoms. The van der Waals surface area contributed by atoms with E-state index in [0.29, 0.717) is 0 Å². The molecule has 0 atom stereocenters. The zero-order valence-corrected chi connectivity index (χ0v) is 6.44. The van der Waals surface area contributed by atoms with E-state index in [1.165, 1.54) is 0 Å². The Labute approximate surface area is 69.3 Å². The van der Waals surface area contributed by atoms with Gasteiger partial charge in [0.1, 0.15) is 5.82 Å². The number of rotatable bonds is 0. The van der Waals surface area contributed by atoms with E-state index in [9.17, 15) is 0 Å². The second kappa shape index (κ2) is 1.94. The van der Waals surface area contributed by atoms with E-state index < -0.39 is 0 Å². The Morgan fingerprint density at radius 1 is 1.25 bits per heavy atom. The molecule has 0 saturated heterocycles. The number of imidazole rings is 1. The van der Waals surface area contributed by atoms with Crippen molar-refractivity contribution in [3.05, 3.63) is 30.1 Å². The highest BCUT2D eigenvalue weighted by Gasteiger charge is 2.11. The highest BCUT2D eigenvalue weighted by Crippen LogP contribution is 2.17. The molecule has 2 aromatic rings. The quantitative estimate of drug-likeness (QED) is 0.569. The predicted molar refractivity (Wildman–Crippen MR) is 47.3 cm³/mol. The van der Waals surface area contributed by atoms with E-state index in [4.69, 9.17) is 0 Å². The number of nitrogens with zero attached hydrogens (tertiary/aromatic N) is 3. The van der Waals surface area contributed by atoms with Crippen LogP contribution in [0.2, 0.25) is 0 Å². The summed E-state index contributed by atoms with van der Waals surface area (Å²) in [4.78, 5) is 4.43. The minimum atomic E-state index is 0.856. The minimum absolute atomic E-state index is 0.856. The third-order valence-corrected chi connectivity index (χ3v) is 2.07. The van der Waals surface area contributed by atoms with Gasteiger partial charge in [0.2, 0.25) is 0 Å². The average molecular weight is 157 g/mol. The van der Waals surface area contributed by atoms with Crippen LogP contribution in [-0.4, -0.2) is 15.9 Å². The van der Waals surface area contributed by atoms with Crippen molar-refractivity contribution in [2.45, 2.75) is 6.42 Å². The molecule has 3 rings (SSSR count). The molecule has 0 amide bonds. The summed E-state index contributed by atoms with van der Waals surface area (Å²) in [5.74, 6) is 1.04. The summed E-state index contributed by atoms with van der Waals surface area (Å²) in [5.41, 5.74) is 2.13. The zero-order chi connectivity index (χ0) is 7.97. The van der Waals surface area contributed by atoms with Gasteiger partial charge in [0.05, 0.1) is 11.0 Å². The molecule has 1 aliphatic rings. The first-order valence-corrected chi connectivity index (χ1v) is 3.94. The first kappa shape index (κ1) is 5.94. The molecular formula is C9H7N3. The minimum Gasteiger partial charge on any atom is -0.231 e. The molecule has 1 aromatic carbocycles. The maximum Gasteiger partial charge on any atom is 0.136 e. The van der Waals surface area contributed by atoms with Crippen molar-refractivity contribution in [1.29, 1.82) is 0 Å². The van der Waals surface area contributed by atoms with Crippen LogP contribution in [0.1, 0.15) is 5.82 Å². The Kier molecular flexibility index (Phi) is 0.961. The smallest absolute Gasteiger partial charge is 0.136 e. The van der Waals surface area contributed by atoms with E-state index >= 15 is 0 Å². The van der Waals surface area contributed by atoms with Crippen molar-refractivity contribution in [1.82, 2.24) is 9.66 Å². The van der Waals surface area contributed by atoms with Gasteiger partial charge < -0.3 is 0 Å². The predicted octanol–water partition coefficient (Wildman–Crippen LogP) is 1.43. The molecule has 12 heavy (non-hydrogen) atoms. The van der Waals surface area contributed by atoms with E-state index in [0.717, 1.165) is 23.3 Å². The van der Waals surface area contributed by atoms with E-state index in [1.54, 1.807) is 0 Å². The fraction of sp³-hybridized carbons (Fsp3) is 0.111. The van der Waals surface area contributed by atoms with Crippen molar-refractivity contribution in [3.8, 4) is 0 Å². The number of para-hydroxylation sites is 2. The van der Waals surface area contributed by atoms with Gasteiger partial charge in [-0.25, -0.2) is 9.66 Å². The molecule has 0 unspecified atom stereocenters. The average Bonchev–Trinajstić information content (AvgIpc) is 2.62. The van der Waals surface area contributed by atoms with Gasteiger partial charge in [-0.3, -0.25) is 0 Å². The Balaban J connectivity index is 2.51. The number of benzene rings is 1. The van der Waals surface area contributed by atoms with Crippen molar-refractivity contribution in [3.63, 3.8) is 0 Å². The number of fused-ring (bicyclic) bond motifs is 3. The van der Waals surface area contributed by atoms with E-state index in [2.05, 4.69) is 10.1 Å². The molecule has 1 aromatic heterocycles. The highest BCUT2D eigenvalue weighted by molar-refractivity contribution is 5.79. The molecule has 1 aliphatic heterocycles. The van der Waals surface area contributed by atoms with Gasteiger partial charge in [0, 0.05) is 12.6 Å². The molecular weight excluding hydrogens is 150 g/mol. The molecule has 0 aliphatic carbocycles. The lowest BCUT2D eigenvalue weighted by atomic mass is 10.3. The third-order valence-electron chi connectivity index (χ3n) is 2.07. The Morgan fingerprint density at radius 3 is 3.17 bits per heavy atom. The van der Waals surface area contributed by atoms with Crippen molar-refractivity contribution < 1.29 is 0 Å². The summed E-state index contributed by atoms with van der Waals surface area (Å²) in [7, 11) is 0. The lowest BCUT2D eigenvalue weighted by Crippen LogP contribution is -1.87. The molecule has 0 saturated carbocycles. The van der Waals surface area contributed by atoms with Crippen LogP contribution in [0.15, 0.2) is 29.4 Å². The van der Waals surface area contributed by atoms with Crippen LogP contribution in [0, 0.1) is 0 Å². The SMILES string of the molecule is C1=Nn2c(nc3ccccc32)C1. The van der Waals surface area contributed by atoms with Gasteiger partial charge in [-0.1, -0.05) is 12.1 Å². The molecule has 0 N–H and O–H groups in total. The fourth-order valence-corrected chi connectivity index (χ4v) is 1.53. The monoisotopic (exact) mass is 157 g/mol. The summed E-state index contributed by atoms with van der Waals surface area (Å²) in [5, 5.41) is 4.22. The Hall–Kier alpha value is -1.64. The third kappa shape index (κ3) is 0.605.